The van der Waals surface area contributed by atoms with E-state index in [-0.39, 0.29) is 25.2 Å². The highest BCUT2D eigenvalue weighted by Crippen LogP contribution is 2.24. The molecule has 2 aromatic carbocycles. The van der Waals surface area contributed by atoms with Crippen molar-refractivity contribution in [3.8, 4) is 11.8 Å². The van der Waals surface area contributed by atoms with Crippen LogP contribution in [0.3, 0.4) is 0 Å². The first kappa shape index (κ1) is 20.3. The van der Waals surface area contributed by atoms with Gasteiger partial charge >= 0.3 is 0 Å². The summed E-state index contributed by atoms with van der Waals surface area (Å²) >= 11 is 0. The van der Waals surface area contributed by atoms with Crippen LogP contribution in [0.4, 0.5) is 0 Å². The normalized spacial score (nSPS) is 13.0. The Balaban J connectivity index is 1.69. The standard InChI is InChI=1S/C22H20N2O5/c1-27-11-12-28-15-29-20-9-8-16(14-23)13-17(20)5-4-10-24-21(25)18-6-2-3-7-19(18)22(24)26/h2-9,13H,10-12,15H2,1H3/b5-4+. The summed E-state index contributed by atoms with van der Waals surface area (Å²) in [5, 5.41) is 9.14. The third-order valence-corrected chi connectivity index (χ3v) is 4.33. The summed E-state index contributed by atoms with van der Waals surface area (Å²) in [5.74, 6) is -0.104. The highest BCUT2D eigenvalue weighted by atomic mass is 16.7. The molecule has 0 N–H and O–H groups in total. The minimum Gasteiger partial charge on any atom is -0.467 e. The first-order valence-electron chi connectivity index (χ1n) is 9.01. The fraction of sp³-hybridized carbons (Fsp3) is 0.227. The lowest BCUT2D eigenvalue weighted by Crippen LogP contribution is -2.29. The van der Waals surface area contributed by atoms with E-state index in [0.717, 1.165) is 0 Å². The van der Waals surface area contributed by atoms with E-state index in [1.165, 1.54) is 4.90 Å². The van der Waals surface area contributed by atoms with Crippen molar-refractivity contribution in [2.24, 2.45) is 0 Å². The number of ether oxygens (including phenoxy) is 3. The quantitative estimate of drug-likeness (QED) is 0.370. The molecule has 7 heteroatoms. The van der Waals surface area contributed by atoms with Crippen LogP contribution in [0.5, 0.6) is 5.75 Å². The van der Waals surface area contributed by atoms with Gasteiger partial charge < -0.3 is 14.2 Å². The number of fused-ring (bicyclic) bond motifs is 1. The van der Waals surface area contributed by atoms with Gasteiger partial charge in [-0.1, -0.05) is 24.3 Å². The minimum absolute atomic E-state index is 0.0362. The summed E-state index contributed by atoms with van der Waals surface area (Å²) in [6, 6.07) is 13.8. The van der Waals surface area contributed by atoms with E-state index in [1.54, 1.807) is 61.7 Å². The molecule has 0 saturated carbocycles. The van der Waals surface area contributed by atoms with Crippen LogP contribution in [0, 0.1) is 11.3 Å². The molecule has 0 unspecified atom stereocenters. The maximum Gasteiger partial charge on any atom is 0.261 e. The molecule has 0 radical (unpaired) electrons. The Bertz CT molecular complexity index is 942. The van der Waals surface area contributed by atoms with E-state index in [4.69, 9.17) is 19.5 Å². The number of hydrogen-bond donors (Lipinski definition) is 0. The van der Waals surface area contributed by atoms with Gasteiger partial charge in [-0.25, -0.2) is 0 Å². The van der Waals surface area contributed by atoms with Gasteiger partial charge in [-0.05, 0) is 30.3 Å². The molecule has 7 nitrogen and oxygen atoms in total. The van der Waals surface area contributed by atoms with E-state index in [1.807, 2.05) is 0 Å². The Morgan fingerprint density at radius 3 is 2.45 bits per heavy atom. The molecule has 0 spiro atoms. The number of nitrogens with zero attached hydrogens (tertiary/aromatic N) is 2. The van der Waals surface area contributed by atoms with Gasteiger partial charge in [0.05, 0.1) is 36.0 Å². The second-order valence-corrected chi connectivity index (χ2v) is 6.20. The van der Waals surface area contributed by atoms with E-state index < -0.39 is 0 Å². The van der Waals surface area contributed by atoms with Crippen molar-refractivity contribution in [3.63, 3.8) is 0 Å². The number of methoxy groups -OCH3 is 1. The molecule has 0 fully saturated rings. The molecule has 1 heterocycles. The molecule has 29 heavy (non-hydrogen) atoms. The Hall–Kier alpha value is -3.47. The van der Waals surface area contributed by atoms with Gasteiger partial charge in [0.25, 0.3) is 11.8 Å². The Kier molecular flexibility index (Phi) is 6.74. The molecular weight excluding hydrogens is 372 g/mol. The fourth-order valence-corrected chi connectivity index (χ4v) is 2.88. The number of rotatable bonds is 9. The number of benzene rings is 2. The highest BCUT2D eigenvalue weighted by Gasteiger charge is 2.34. The summed E-state index contributed by atoms with van der Waals surface area (Å²) in [6.07, 6.45) is 3.41. The van der Waals surface area contributed by atoms with Crippen LogP contribution in [-0.2, 0) is 9.47 Å². The van der Waals surface area contributed by atoms with E-state index in [2.05, 4.69) is 6.07 Å². The van der Waals surface area contributed by atoms with E-state index >= 15 is 0 Å². The van der Waals surface area contributed by atoms with Gasteiger partial charge in [0.1, 0.15) is 5.75 Å². The summed E-state index contributed by atoms with van der Waals surface area (Å²) in [5.41, 5.74) is 1.94. The molecule has 0 saturated heterocycles. The molecule has 0 aliphatic carbocycles. The van der Waals surface area contributed by atoms with Crippen molar-refractivity contribution in [3.05, 3.63) is 70.8 Å². The third-order valence-electron chi connectivity index (χ3n) is 4.33. The van der Waals surface area contributed by atoms with Crippen molar-refractivity contribution in [2.45, 2.75) is 0 Å². The molecule has 1 aliphatic heterocycles. The predicted octanol–water partition coefficient (Wildman–Crippen LogP) is 2.87. The highest BCUT2D eigenvalue weighted by molar-refractivity contribution is 6.21. The summed E-state index contributed by atoms with van der Waals surface area (Å²) in [7, 11) is 1.59. The molecule has 1 aliphatic rings. The SMILES string of the molecule is COCCOCOc1ccc(C#N)cc1/C=C/CN1C(=O)c2ccccc2C1=O. The zero-order chi connectivity index (χ0) is 20.6. The Morgan fingerprint density at radius 1 is 1.07 bits per heavy atom. The lowest BCUT2D eigenvalue weighted by atomic mass is 10.1. The van der Waals surface area contributed by atoms with Crippen LogP contribution < -0.4 is 4.74 Å². The molecule has 0 bridgehead atoms. The number of amides is 2. The Labute approximate surface area is 168 Å². The number of hydrogen-bond acceptors (Lipinski definition) is 6. The predicted molar refractivity (Wildman–Crippen MR) is 105 cm³/mol. The Morgan fingerprint density at radius 2 is 1.79 bits per heavy atom. The van der Waals surface area contributed by atoms with Crippen molar-refractivity contribution in [1.82, 2.24) is 4.90 Å². The molecule has 148 valence electrons. The zero-order valence-electron chi connectivity index (χ0n) is 16.0. The van der Waals surface area contributed by atoms with Crippen LogP contribution in [0.25, 0.3) is 6.08 Å². The molecular formula is C22H20N2O5. The molecule has 0 atom stereocenters. The average Bonchev–Trinajstić information content (AvgIpc) is 2.99. The molecule has 0 aromatic heterocycles. The molecule has 2 aromatic rings. The zero-order valence-corrected chi connectivity index (χ0v) is 16.0. The first-order chi connectivity index (χ1) is 14.2. The maximum atomic E-state index is 12.4. The maximum absolute atomic E-state index is 12.4. The summed E-state index contributed by atoms with van der Waals surface area (Å²) < 4.78 is 15.8. The van der Waals surface area contributed by atoms with Crippen molar-refractivity contribution < 1.29 is 23.8 Å². The van der Waals surface area contributed by atoms with Gasteiger partial charge in [-0.15, -0.1) is 0 Å². The smallest absolute Gasteiger partial charge is 0.261 e. The van der Waals surface area contributed by atoms with Crippen LogP contribution in [-0.4, -0.2) is 50.4 Å². The van der Waals surface area contributed by atoms with Crippen LogP contribution in [0.1, 0.15) is 31.8 Å². The van der Waals surface area contributed by atoms with Gasteiger partial charge in [0, 0.05) is 19.2 Å². The number of imide groups is 1. The van der Waals surface area contributed by atoms with E-state index in [0.29, 0.717) is 41.2 Å². The summed E-state index contributed by atoms with van der Waals surface area (Å²) in [4.78, 5) is 26.0. The first-order valence-corrected chi connectivity index (χ1v) is 9.01. The van der Waals surface area contributed by atoms with Crippen LogP contribution in [0.2, 0.25) is 0 Å². The third kappa shape index (κ3) is 4.69. The largest absolute Gasteiger partial charge is 0.467 e. The van der Waals surface area contributed by atoms with Gasteiger partial charge in [0.15, 0.2) is 6.79 Å². The van der Waals surface area contributed by atoms with E-state index in [9.17, 15) is 9.59 Å². The van der Waals surface area contributed by atoms with Gasteiger partial charge in [-0.2, -0.15) is 5.26 Å². The molecule has 2 amide bonds. The minimum atomic E-state index is -0.316. The average molecular weight is 392 g/mol. The van der Waals surface area contributed by atoms with Crippen molar-refractivity contribution >= 4 is 17.9 Å². The number of carbonyl (C=O) groups is 2. The number of carbonyl (C=O) groups excluding carboxylic acids is 2. The lowest BCUT2D eigenvalue weighted by molar-refractivity contribution is -0.00856. The van der Waals surface area contributed by atoms with Gasteiger partial charge in [0.2, 0.25) is 0 Å². The monoisotopic (exact) mass is 392 g/mol. The number of nitriles is 1. The van der Waals surface area contributed by atoms with Crippen LogP contribution in [0.15, 0.2) is 48.5 Å². The van der Waals surface area contributed by atoms with Crippen molar-refractivity contribution in [2.75, 3.05) is 33.7 Å². The fourth-order valence-electron chi connectivity index (χ4n) is 2.88. The summed E-state index contributed by atoms with van der Waals surface area (Å²) in [6.45, 7) is 1.02. The molecule has 3 rings (SSSR count). The second kappa shape index (κ2) is 9.64. The second-order valence-electron chi connectivity index (χ2n) is 6.20. The van der Waals surface area contributed by atoms with Crippen molar-refractivity contribution in [1.29, 1.82) is 5.26 Å². The van der Waals surface area contributed by atoms with Gasteiger partial charge in [-0.3, -0.25) is 14.5 Å². The lowest BCUT2D eigenvalue weighted by Gasteiger charge is -2.12. The van der Waals surface area contributed by atoms with Crippen LogP contribution >= 0.6 is 0 Å². The topological polar surface area (TPSA) is 88.9 Å².